The standard InChI is InChI=1S/C11H11FN2O2S/c12-8-3-1-7(2-4-8)9(6-15)14-10(16)5-13-11(14)17/h1-4,9,15H,5-6H2,(H,13,17)/t9-/m1/s1. The Morgan fingerprint density at radius 2 is 2.12 bits per heavy atom. The van der Waals surface area contributed by atoms with Crippen LogP contribution in [-0.2, 0) is 4.79 Å². The van der Waals surface area contributed by atoms with Gasteiger partial charge in [-0.1, -0.05) is 12.1 Å². The van der Waals surface area contributed by atoms with Gasteiger partial charge in [-0.15, -0.1) is 0 Å². The van der Waals surface area contributed by atoms with Crippen molar-refractivity contribution in [3.63, 3.8) is 0 Å². The molecule has 0 aliphatic carbocycles. The van der Waals surface area contributed by atoms with Gasteiger partial charge in [-0.3, -0.25) is 9.69 Å². The van der Waals surface area contributed by atoms with Crippen LogP contribution in [0.3, 0.4) is 0 Å². The highest BCUT2D eigenvalue weighted by molar-refractivity contribution is 7.80. The number of benzene rings is 1. The monoisotopic (exact) mass is 254 g/mol. The van der Waals surface area contributed by atoms with Crippen LogP contribution >= 0.6 is 12.2 Å². The summed E-state index contributed by atoms with van der Waals surface area (Å²) < 4.78 is 12.8. The Labute approximate surface area is 103 Å². The number of aliphatic hydroxyl groups excluding tert-OH is 1. The number of nitrogens with zero attached hydrogens (tertiary/aromatic N) is 1. The summed E-state index contributed by atoms with van der Waals surface area (Å²) in [7, 11) is 0. The van der Waals surface area contributed by atoms with Crippen molar-refractivity contribution >= 4 is 23.2 Å². The van der Waals surface area contributed by atoms with Gasteiger partial charge in [0.15, 0.2) is 5.11 Å². The number of nitrogens with one attached hydrogen (secondary N) is 1. The predicted octanol–water partition coefficient (Wildman–Crippen LogP) is 0.576. The minimum Gasteiger partial charge on any atom is -0.394 e. The lowest BCUT2D eigenvalue weighted by Gasteiger charge is -2.25. The molecule has 1 amide bonds. The first-order chi connectivity index (χ1) is 8.13. The predicted molar refractivity (Wildman–Crippen MR) is 63.7 cm³/mol. The van der Waals surface area contributed by atoms with Crippen LogP contribution in [0.4, 0.5) is 4.39 Å². The van der Waals surface area contributed by atoms with E-state index in [4.69, 9.17) is 12.2 Å². The van der Waals surface area contributed by atoms with Crippen molar-refractivity contribution in [1.82, 2.24) is 10.2 Å². The van der Waals surface area contributed by atoms with E-state index < -0.39 is 6.04 Å². The van der Waals surface area contributed by atoms with E-state index in [1.165, 1.54) is 29.2 Å². The van der Waals surface area contributed by atoms with Gasteiger partial charge in [0, 0.05) is 0 Å². The molecule has 0 radical (unpaired) electrons. The van der Waals surface area contributed by atoms with E-state index in [2.05, 4.69) is 5.32 Å². The number of hydrogen-bond donors (Lipinski definition) is 2. The number of aliphatic hydroxyl groups is 1. The second kappa shape index (κ2) is 4.77. The molecule has 2 N–H and O–H groups in total. The van der Waals surface area contributed by atoms with Gasteiger partial charge in [-0.2, -0.15) is 0 Å². The number of rotatable bonds is 3. The highest BCUT2D eigenvalue weighted by Gasteiger charge is 2.32. The molecular weight excluding hydrogens is 243 g/mol. The van der Waals surface area contributed by atoms with E-state index in [-0.39, 0.29) is 24.9 Å². The maximum Gasteiger partial charge on any atom is 0.248 e. The smallest absolute Gasteiger partial charge is 0.248 e. The van der Waals surface area contributed by atoms with E-state index in [9.17, 15) is 14.3 Å². The first-order valence-corrected chi connectivity index (χ1v) is 5.50. The van der Waals surface area contributed by atoms with Crippen molar-refractivity contribution in [1.29, 1.82) is 0 Å². The van der Waals surface area contributed by atoms with Crippen molar-refractivity contribution in [3.05, 3.63) is 35.6 Å². The highest BCUT2D eigenvalue weighted by Crippen LogP contribution is 2.22. The van der Waals surface area contributed by atoms with Gasteiger partial charge in [0.25, 0.3) is 0 Å². The zero-order chi connectivity index (χ0) is 12.4. The molecule has 1 aromatic rings. The van der Waals surface area contributed by atoms with Gasteiger partial charge >= 0.3 is 0 Å². The van der Waals surface area contributed by atoms with Crippen LogP contribution in [0.25, 0.3) is 0 Å². The lowest BCUT2D eigenvalue weighted by molar-refractivity contribution is -0.126. The summed E-state index contributed by atoms with van der Waals surface area (Å²) >= 11 is 4.99. The normalized spacial score (nSPS) is 17.2. The molecule has 0 bridgehead atoms. The molecule has 1 fully saturated rings. The number of amides is 1. The summed E-state index contributed by atoms with van der Waals surface area (Å²) in [5.74, 6) is -0.558. The van der Waals surface area contributed by atoms with E-state index in [1.54, 1.807) is 0 Å². The van der Waals surface area contributed by atoms with Crippen molar-refractivity contribution < 1.29 is 14.3 Å². The number of halogens is 1. The van der Waals surface area contributed by atoms with Crippen LogP contribution < -0.4 is 5.32 Å². The largest absolute Gasteiger partial charge is 0.394 e. The summed E-state index contributed by atoms with van der Waals surface area (Å²) in [4.78, 5) is 12.9. The zero-order valence-corrected chi connectivity index (χ0v) is 9.71. The third-order valence-electron chi connectivity index (χ3n) is 2.62. The van der Waals surface area contributed by atoms with Crippen LogP contribution in [-0.4, -0.2) is 34.2 Å². The van der Waals surface area contributed by atoms with E-state index in [1.807, 2.05) is 0 Å². The Kier molecular flexibility index (Phi) is 3.35. The second-order valence-corrected chi connectivity index (χ2v) is 4.06. The fraction of sp³-hybridized carbons (Fsp3) is 0.273. The number of carbonyl (C=O) groups is 1. The molecule has 1 heterocycles. The van der Waals surface area contributed by atoms with E-state index in [0.29, 0.717) is 10.7 Å². The molecule has 1 atom stereocenters. The molecule has 0 spiro atoms. The lowest BCUT2D eigenvalue weighted by atomic mass is 10.1. The number of thiocarbonyl (C=S) groups is 1. The fourth-order valence-electron chi connectivity index (χ4n) is 1.77. The Morgan fingerprint density at radius 1 is 1.47 bits per heavy atom. The molecule has 6 heteroatoms. The van der Waals surface area contributed by atoms with Gasteiger partial charge in [-0.05, 0) is 29.9 Å². The van der Waals surface area contributed by atoms with Gasteiger partial charge in [0.05, 0.1) is 19.2 Å². The van der Waals surface area contributed by atoms with Gasteiger partial charge in [0.2, 0.25) is 5.91 Å². The quantitative estimate of drug-likeness (QED) is 0.775. The first-order valence-electron chi connectivity index (χ1n) is 5.09. The Hall–Kier alpha value is -1.53. The SMILES string of the molecule is O=C1CNC(=S)N1[C@H](CO)c1ccc(F)cc1. The maximum atomic E-state index is 12.8. The Morgan fingerprint density at radius 3 is 2.59 bits per heavy atom. The van der Waals surface area contributed by atoms with E-state index in [0.717, 1.165) is 0 Å². The molecular formula is C11H11FN2O2S. The van der Waals surface area contributed by atoms with Crippen LogP contribution in [0, 0.1) is 5.82 Å². The average molecular weight is 254 g/mol. The van der Waals surface area contributed by atoms with Gasteiger partial charge < -0.3 is 10.4 Å². The molecule has 1 aliphatic heterocycles. The molecule has 1 aromatic carbocycles. The van der Waals surface area contributed by atoms with E-state index >= 15 is 0 Å². The Bertz CT molecular complexity index is 433. The molecule has 0 aromatic heterocycles. The second-order valence-electron chi connectivity index (χ2n) is 3.67. The fourth-order valence-corrected chi connectivity index (χ4v) is 2.07. The van der Waals surface area contributed by atoms with Gasteiger partial charge in [-0.25, -0.2) is 4.39 Å². The molecule has 0 unspecified atom stereocenters. The molecule has 1 saturated heterocycles. The van der Waals surface area contributed by atoms with Crippen LogP contribution in [0.15, 0.2) is 24.3 Å². The van der Waals surface area contributed by atoms with Crippen molar-refractivity contribution in [2.75, 3.05) is 13.2 Å². The molecule has 90 valence electrons. The van der Waals surface area contributed by atoms with Gasteiger partial charge in [0.1, 0.15) is 5.82 Å². The van der Waals surface area contributed by atoms with Crippen molar-refractivity contribution in [2.24, 2.45) is 0 Å². The lowest BCUT2D eigenvalue weighted by Crippen LogP contribution is -2.36. The van der Waals surface area contributed by atoms with Crippen molar-refractivity contribution in [3.8, 4) is 0 Å². The summed E-state index contributed by atoms with van der Waals surface area (Å²) in [6, 6.07) is 5.07. The third-order valence-corrected chi connectivity index (χ3v) is 2.96. The highest BCUT2D eigenvalue weighted by atomic mass is 32.1. The minimum atomic E-state index is -0.564. The number of carbonyl (C=O) groups excluding carboxylic acids is 1. The van der Waals surface area contributed by atoms with Crippen LogP contribution in [0.5, 0.6) is 0 Å². The van der Waals surface area contributed by atoms with Crippen LogP contribution in [0.1, 0.15) is 11.6 Å². The number of hydrogen-bond acceptors (Lipinski definition) is 3. The summed E-state index contributed by atoms with van der Waals surface area (Å²) in [6.07, 6.45) is 0. The molecule has 1 aliphatic rings. The topological polar surface area (TPSA) is 52.6 Å². The zero-order valence-electron chi connectivity index (χ0n) is 8.89. The first kappa shape index (κ1) is 11.9. The third kappa shape index (κ3) is 2.27. The summed E-state index contributed by atoms with van der Waals surface area (Å²) in [5, 5.41) is 12.4. The Balaban J connectivity index is 2.30. The summed E-state index contributed by atoms with van der Waals surface area (Å²) in [5.41, 5.74) is 0.647. The maximum absolute atomic E-state index is 12.8. The summed E-state index contributed by atoms with van der Waals surface area (Å²) in [6.45, 7) is -0.129. The minimum absolute atomic E-state index is 0.135. The molecule has 17 heavy (non-hydrogen) atoms. The molecule has 4 nitrogen and oxygen atoms in total. The van der Waals surface area contributed by atoms with Crippen molar-refractivity contribution in [2.45, 2.75) is 6.04 Å². The molecule has 0 saturated carbocycles. The van der Waals surface area contributed by atoms with Crippen LogP contribution in [0.2, 0.25) is 0 Å². The molecule has 2 rings (SSSR count). The average Bonchev–Trinajstić information content (AvgIpc) is 2.64.